The maximum atomic E-state index is 12.7. The highest BCUT2D eigenvalue weighted by Crippen LogP contribution is 2.44. The van der Waals surface area contributed by atoms with Crippen LogP contribution in [0.5, 0.6) is 0 Å². The van der Waals surface area contributed by atoms with Crippen molar-refractivity contribution in [1.82, 2.24) is 9.78 Å². The summed E-state index contributed by atoms with van der Waals surface area (Å²) >= 11 is 1.59. The zero-order valence-corrected chi connectivity index (χ0v) is 18.2. The van der Waals surface area contributed by atoms with Gasteiger partial charge in [-0.05, 0) is 51.3 Å². The molecule has 1 aliphatic heterocycles. The molecule has 5 nitrogen and oxygen atoms in total. The molecular weight excluding hydrogens is 394 g/mol. The summed E-state index contributed by atoms with van der Waals surface area (Å²) in [5, 5.41) is 6.88. The summed E-state index contributed by atoms with van der Waals surface area (Å²) in [7, 11) is 0. The third-order valence-electron chi connectivity index (χ3n) is 5.50. The second kappa shape index (κ2) is 7.95. The van der Waals surface area contributed by atoms with Gasteiger partial charge in [0, 0.05) is 34.7 Å². The van der Waals surface area contributed by atoms with Crippen LogP contribution in [0.3, 0.4) is 0 Å². The van der Waals surface area contributed by atoms with Gasteiger partial charge in [0.25, 0.3) is 0 Å². The van der Waals surface area contributed by atoms with Crippen LogP contribution in [0, 0.1) is 5.92 Å². The van der Waals surface area contributed by atoms with Crippen LogP contribution in [0.15, 0.2) is 70.3 Å². The first kappa shape index (κ1) is 20.2. The maximum absolute atomic E-state index is 12.7. The van der Waals surface area contributed by atoms with E-state index in [1.54, 1.807) is 25.2 Å². The molecule has 2 aromatic heterocycles. The minimum Gasteiger partial charge on any atom is -0.299 e. The summed E-state index contributed by atoms with van der Waals surface area (Å²) in [6.45, 7) is 6.83. The summed E-state index contributed by atoms with van der Waals surface area (Å²) in [6.07, 6.45) is 1.96. The molecule has 0 aliphatic carbocycles. The van der Waals surface area contributed by atoms with Crippen molar-refractivity contribution in [3.8, 4) is 16.3 Å². The van der Waals surface area contributed by atoms with Gasteiger partial charge in [-0.3, -0.25) is 14.6 Å². The molecule has 0 bridgehead atoms. The number of aliphatic imine (C=N–C) groups is 1. The average Bonchev–Trinajstić information content (AvgIpc) is 3.37. The summed E-state index contributed by atoms with van der Waals surface area (Å²) in [5.74, 6) is -0.964. The van der Waals surface area contributed by atoms with E-state index in [4.69, 9.17) is 5.10 Å². The summed E-state index contributed by atoms with van der Waals surface area (Å²) in [5.41, 5.74) is 4.59. The minimum absolute atomic E-state index is 0.00269. The number of rotatable bonds is 5. The topological polar surface area (TPSA) is 64.3 Å². The Hall–Kier alpha value is -3.12. The summed E-state index contributed by atoms with van der Waals surface area (Å²) < 4.78 is 1.83. The number of Topliss-reactive ketones (excluding diaryl/α,β-unsaturated/α-hetero) is 2. The normalized spacial score (nSPS) is 19.0. The van der Waals surface area contributed by atoms with Gasteiger partial charge in [0.1, 0.15) is 11.5 Å². The number of allylic oxidation sites excluding steroid dienone is 2. The van der Waals surface area contributed by atoms with Crippen molar-refractivity contribution in [2.75, 3.05) is 0 Å². The molecule has 4 rings (SSSR count). The zero-order valence-electron chi connectivity index (χ0n) is 17.4. The van der Waals surface area contributed by atoms with Crippen molar-refractivity contribution in [2.24, 2.45) is 10.9 Å². The van der Waals surface area contributed by atoms with E-state index in [0.717, 1.165) is 27.5 Å². The number of carbonyl (C=O) groups is 2. The van der Waals surface area contributed by atoms with E-state index in [1.165, 1.54) is 0 Å². The average molecular weight is 418 g/mol. The number of hydrogen-bond acceptors (Lipinski definition) is 5. The Labute approximate surface area is 179 Å². The van der Waals surface area contributed by atoms with E-state index in [2.05, 4.69) is 4.99 Å². The van der Waals surface area contributed by atoms with Crippen molar-refractivity contribution < 1.29 is 9.59 Å². The predicted molar refractivity (Wildman–Crippen MR) is 120 cm³/mol. The van der Waals surface area contributed by atoms with Crippen LogP contribution < -0.4 is 0 Å². The standard InChI is InChI=1S/C24H23N3O2S/c1-14-21(16(3)28)23(22(17(4)29)15(2)25-14)19-13-27(18-9-6-5-7-10-18)26-24(19)20-11-8-12-30-20/h5-13,21,23H,1-4H3/t21?,23-/m0/s1. The second-order valence-electron chi connectivity index (χ2n) is 7.56. The third-order valence-corrected chi connectivity index (χ3v) is 6.38. The number of carbonyl (C=O) groups excluding carboxylic acids is 2. The lowest BCUT2D eigenvalue weighted by Gasteiger charge is -2.31. The molecule has 0 saturated heterocycles. The van der Waals surface area contributed by atoms with Crippen molar-refractivity contribution in [1.29, 1.82) is 0 Å². The number of para-hydroxylation sites is 1. The molecular formula is C24H23N3O2S. The molecule has 0 amide bonds. The van der Waals surface area contributed by atoms with E-state index in [9.17, 15) is 9.59 Å². The van der Waals surface area contributed by atoms with Crippen LogP contribution in [0.1, 0.15) is 39.2 Å². The molecule has 0 fully saturated rings. The lowest BCUT2D eigenvalue weighted by Crippen LogP contribution is -2.33. The Morgan fingerprint density at radius 1 is 1.03 bits per heavy atom. The van der Waals surface area contributed by atoms with Gasteiger partial charge in [-0.2, -0.15) is 5.10 Å². The van der Waals surface area contributed by atoms with Gasteiger partial charge >= 0.3 is 0 Å². The number of benzene rings is 1. The van der Waals surface area contributed by atoms with Crippen molar-refractivity contribution >= 4 is 28.6 Å². The maximum Gasteiger partial charge on any atom is 0.158 e. The van der Waals surface area contributed by atoms with E-state index in [1.807, 2.05) is 72.6 Å². The molecule has 1 aliphatic rings. The highest BCUT2D eigenvalue weighted by molar-refractivity contribution is 7.13. The molecule has 0 spiro atoms. The predicted octanol–water partition coefficient (Wildman–Crippen LogP) is 5.23. The van der Waals surface area contributed by atoms with Crippen LogP contribution in [-0.4, -0.2) is 27.1 Å². The molecule has 3 heterocycles. The van der Waals surface area contributed by atoms with Crippen LogP contribution in [-0.2, 0) is 9.59 Å². The molecule has 1 aromatic carbocycles. The zero-order chi connectivity index (χ0) is 21.4. The fourth-order valence-electron chi connectivity index (χ4n) is 4.30. The van der Waals surface area contributed by atoms with E-state index in [0.29, 0.717) is 11.3 Å². The molecule has 3 aromatic rings. The molecule has 0 saturated carbocycles. The first-order valence-corrected chi connectivity index (χ1v) is 10.7. The highest BCUT2D eigenvalue weighted by Gasteiger charge is 2.40. The Morgan fingerprint density at radius 3 is 2.37 bits per heavy atom. The SMILES string of the molecule is CC(=O)C1=C(C)N=C(C)C(C(C)=O)[C@@H]1c1cn(-c2ccccc2)nc1-c1cccs1. The lowest BCUT2D eigenvalue weighted by atomic mass is 9.73. The monoisotopic (exact) mass is 417 g/mol. The van der Waals surface area contributed by atoms with E-state index in [-0.39, 0.29) is 11.6 Å². The van der Waals surface area contributed by atoms with E-state index >= 15 is 0 Å². The van der Waals surface area contributed by atoms with Gasteiger partial charge in [0.2, 0.25) is 0 Å². The van der Waals surface area contributed by atoms with E-state index < -0.39 is 11.8 Å². The fourth-order valence-corrected chi connectivity index (χ4v) is 5.03. The highest BCUT2D eigenvalue weighted by atomic mass is 32.1. The first-order chi connectivity index (χ1) is 14.4. The molecule has 0 N–H and O–H groups in total. The molecule has 2 atom stereocenters. The molecule has 6 heteroatoms. The van der Waals surface area contributed by atoms with Gasteiger partial charge in [0.05, 0.1) is 16.5 Å². The molecule has 30 heavy (non-hydrogen) atoms. The lowest BCUT2D eigenvalue weighted by molar-refractivity contribution is -0.119. The third kappa shape index (κ3) is 3.48. The quantitative estimate of drug-likeness (QED) is 0.571. The number of aromatic nitrogens is 2. The van der Waals surface area contributed by atoms with Crippen molar-refractivity contribution in [2.45, 2.75) is 33.6 Å². The fraction of sp³-hybridized carbons (Fsp3) is 0.250. The Morgan fingerprint density at radius 2 is 1.77 bits per heavy atom. The Kier molecular flexibility index (Phi) is 5.35. The van der Waals surface area contributed by atoms with Crippen LogP contribution >= 0.6 is 11.3 Å². The number of hydrogen-bond donors (Lipinski definition) is 0. The second-order valence-corrected chi connectivity index (χ2v) is 8.51. The number of ketones is 2. The van der Waals surface area contributed by atoms with Crippen LogP contribution in [0.4, 0.5) is 0 Å². The Bertz CT molecular complexity index is 1170. The molecule has 1 unspecified atom stereocenters. The van der Waals surface area contributed by atoms with Gasteiger partial charge in [-0.25, -0.2) is 4.68 Å². The van der Waals surface area contributed by atoms with Crippen molar-refractivity contribution in [3.63, 3.8) is 0 Å². The smallest absolute Gasteiger partial charge is 0.158 e. The summed E-state index contributed by atoms with van der Waals surface area (Å²) in [6, 6.07) is 13.8. The minimum atomic E-state index is -0.486. The van der Waals surface area contributed by atoms with Gasteiger partial charge < -0.3 is 0 Å². The first-order valence-electron chi connectivity index (χ1n) is 9.84. The largest absolute Gasteiger partial charge is 0.299 e. The molecule has 0 radical (unpaired) electrons. The molecule has 152 valence electrons. The van der Waals surface area contributed by atoms with Crippen LogP contribution in [0.2, 0.25) is 0 Å². The Balaban J connectivity index is 1.99. The van der Waals surface area contributed by atoms with Gasteiger partial charge in [-0.1, -0.05) is 24.3 Å². The number of thiophene rings is 1. The number of nitrogens with zero attached hydrogens (tertiary/aromatic N) is 3. The summed E-state index contributed by atoms with van der Waals surface area (Å²) in [4.78, 5) is 30.9. The van der Waals surface area contributed by atoms with Gasteiger partial charge in [-0.15, -0.1) is 11.3 Å². The van der Waals surface area contributed by atoms with Crippen LogP contribution in [0.25, 0.3) is 16.3 Å². The van der Waals surface area contributed by atoms with Gasteiger partial charge in [0.15, 0.2) is 5.78 Å². The van der Waals surface area contributed by atoms with Crippen molar-refractivity contribution in [3.05, 3.63) is 70.9 Å².